The Morgan fingerprint density at radius 1 is 1.08 bits per heavy atom. The second-order valence-corrected chi connectivity index (χ2v) is 12.1. The van der Waals surface area contributed by atoms with Gasteiger partial charge in [0.2, 0.25) is 21.8 Å². The summed E-state index contributed by atoms with van der Waals surface area (Å²) >= 11 is 0. The SMILES string of the molecule is COc1cccc(N(CCCC(=O)N(Cc2cccc(C)c2)C(C)C(=O)NC2CCCCC2)S(C)(=O)=O)c1. The second-order valence-electron chi connectivity index (χ2n) is 10.2. The molecule has 0 saturated heterocycles. The van der Waals surface area contributed by atoms with Gasteiger partial charge in [0, 0.05) is 31.6 Å². The van der Waals surface area contributed by atoms with Crippen LogP contribution in [0.3, 0.4) is 0 Å². The maximum absolute atomic E-state index is 13.5. The fourth-order valence-corrected chi connectivity index (χ4v) is 5.89. The van der Waals surface area contributed by atoms with E-state index in [0.29, 0.717) is 24.4 Å². The van der Waals surface area contributed by atoms with Crippen LogP contribution in [0, 0.1) is 6.92 Å². The standard InChI is InChI=1S/C29H41N3O5S/c1-22-11-8-12-24(19-22)21-31(23(2)29(34)30-25-13-6-5-7-14-25)28(33)17-10-18-32(38(4,35)36)26-15-9-16-27(20-26)37-3/h8-9,11-12,15-16,19-20,23,25H,5-7,10,13-14,17-18,21H2,1-4H3,(H,30,34). The van der Waals surface area contributed by atoms with Gasteiger partial charge >= 0.3 is 0 Å². The minimum atomic E-state index is -3.57. The number of nitrogens with zero attached hydrogens (tertiary/aromatic N) is 2. The molecule has 0 bridgehead atoms. The predicted octanol–water partition coefficient (Wildman–Crippen LogP) is 4.42. The number of benzene rings is 2. The van der Waals surface area contributed by atoms with Crippen LogP contribution in [0.25, 0.3) is 0 Å². The van der Waals surface area contributed by atoms with Crippen LogP contribution in [0.4, 0.5) is 5.69 Å². The van der Waals surface area contributed by atoms with Crippen molar-refractivity contribution in [2.45, 2.75) is 77.4 Å². The molecule has 0 aliphatic heterocycles. The van der Waals surface area contributed by atoms with E-state index in [9.17, 15) is 18.0 Å². The van der Waals surface area contributed by atoms with Crippen molar-refractivity contribution >= 4 is 27.5 Å². The number of methoxy groups -OCH3 is 1. The molecule has 0 radical (unpaired) electrons. The van der Waals surface area contributed by atoms with Crippen LogP contribution in [0.1, 0.15) is 63.0 Å². The van der Waals surface area contributed by atoms with E-state index in [1.165, 1.54) is 17.8 Å². The molecule has 3 rings (SSSR count). The summed E-state index contributed by atoms with van der Waals surface area (Å²) in [6.45, 7) is 4.21. The molecule has 1 aliphatic rings. The Hall–Kier alpha value is -3.07. The summed E-state index contributed by atoms with van der Waals surface area (Å²) in [4.78, 5) is 28.3. The van der Waals surface area contributed by atoms with Gasteiger partial charge in [-0.15, -0.1) is 0 Å². The molecule has 0 spiro atoms. The van der Waals surface area contributed by atoms with Gasteiger partial charge < -0.3 is 15.0 Å². The number of ether oxygens (including phenoxy) is 1. The third-order valence-corrected chi connectivity index (χ3v) is 8.24. The molecule has 2 aromatic carbocycles. The van der Waals surface area contributed by atoms with Crippen molar-refractivity contribution in [3.8, 4) is 5.75 Å². The third-order valence-electron chi connectivity index (χ3n) is 7.05. The van der Waals surface area contributed by atoms with E-state index in [-0.39, 0.29) is 30.8 Å². The van der Waals surface area contributed by atoms with Gasteiger partial charge in [0.25, 0.3) is 0 Å². The zero-order valence-electron chi connectivity index (χ0n) is 23.0. The number of hydrogen-bond acceptors (Lipinski definition) is 5. The molecule has 1 aliphatic carbocycles. The van der Waals surface area contributed by atoms with Crippen molar-refractivity contribution in [3.63, 3.8) is 0 Å². The van der Waals surface area contributed by atoms with E-state index in [1.54, 1.807) is 36.1 Å². The van der Waals surface area contributed by atoms with Crippen LogP contribution in [0.15, 0.2) is 48.5 Å². The Labute approximate surface area is 227 Å². The largest absolute Gasteiger partial charge is 0.497 e. The van der Waals surface area contributed by atoms with Gasteiger partial charge in [0.05, 0.1) is 19.1 Å². The molecule has 0 aromatic heterocycles. The van der Waals surface area contributed by atoms with Gasteiger partial charge in [-0.25, -0.2) is 8.42 Å². The highest BCUT2D eigenvalue weighted by Gasteiger charge is 2.28. The van der Waals surface area contributed by atoms with Gasteiger partial charge in [-0.05, 0) is 50.8 Å². The first kappa shape index (κ1) is 29.5. The Balaban J connectivity index is 1.72. The minimum Gasteiger partial charge on any atom is -0.497 e. The van der Waals surface area contributed by atoms with Crippen molar-refractivity contribution in [2.24, 2.45) is 0 Å². The summed E-state index contributed by atoms with van der Waals surface area (Å²) in [6.07, 6.45) is 6.92. The average molecular weight is 544 g/mol. The van der Waals surface area contributed by atoms with Crippen molar-refractivity contribution in [1.29, 1.82) is 0 Å². The van der Waals surface area contributed by atoms with E-state index in [2.05, 4.69) is 5.32 Å². The van der Waals surface area contributed by atoms with Crippen molar-refractivity contribution in [1.82, 2.24) is 10.2 Å². The highest BCUT2D eigenvalue weighted by atomic mass is 32.2. The summed E-state index contributed by atoms with van der Waals surface area (Å²) in [5, 5.41) is 3.15. The lowest BCUT2D eigenvalue weighted by molar-refractivity contribution is -0.141. The lowest BCUT2D eigenvalue weighted by Gasteiger charge is -2.31. The van der Waals surface area contributed by atoms with Crippen molar-refractivity contribution < 1.29 is 22.7 Å². The van der Waals surface area contributed by atoms with Crippen LogP contribution in [-0.2, 0) is 26.2 Å². The smallest absolute Gasteiger partial charge is 0.242 e. The fourth-order valence-electron chi connectivity index (χ4n) is 4.93. The summed E-state index contributed by atoms with van der Waals surface area (Å²) in [7, 11) is -2.05. The number of sulfonamides is 1. The number of amides is 2. The van der Waals surface area contributed by atoms with Gasteiger partial charge in [-0.2, -0.15) is 0 Å². The van der Waals surface area contributed by atoms with Gasteiger partial charge in [0.1, 0.15) is 11.8 Å². The number of carbonyl (C=O) groups is 2. The maximum Gasteiger partial charge on any atom is 0.242 e. The van der Waals surface area contributed by atoms with E-state index in [0.717, 1.165) is 43.1 Å². The Morgan fingerprint density at radius 3 is 2.45 bits per heavy atom. The highest BCUT2D eigenvalue weighted by Crippen LogP contribution is 2.24. The quantitative estimate of drug-likeness (QED) is 0.428. The zero-order chi connectivity index (χ0) is 27.7. The molecule has 1 N–H and O–H groups in total. The Bertz CT molecular complexity index is 1190. The minimum absolute atomic E-state index is 0.114. The molecule has 9 heteroatoms. The summed E-state index contributed by atoms with van der Waals surface area (Å²) in [6, 6.07) is 14.2. The van der Waals surface area contributed by atoms with E-state index >= 15 is 0 Å². The van der Waals surface area contributed by atoms with Crippen LogP contribution in [-0.4, -0.2) is 57.1 Å². The fraction of sp³-hybridized carbons (Fsp3) is 0.517. The van der Waals surface area contributed by atoms with Crippen LogP contribution in [0.5, 0.6) is 5.75 Å². The molecule has 1 saturated carbocycles. The van der Waals surface area contributed by atoms with Crippen molar-refractivity contribution in [2.75, 3.05) is 24.2 Å². The lowest BCUT2D eigenvalue weighted by atomic mass is 9.95. The molecule has 0 heterocycles. The second kappa shape index (κ2) is 13.6. The number of nitrogens with one attached hydrogen (secondary N) is 1. The van der Waals surface area contributed by atoms with Gasteiger partial charge in [-0.1, -0.05) is 55.2 Å². The molecule has 208 valence electrons. The number of hydrogen-bond donors (Lipinski definition) is 1. The summed E-state index contributed by atoms with van der Waals surface area (Å²) in [5.41, 5.74) is 2.51. The zero-order valence-corrected chi connectivity index (χ0v) is 23.8. The Kier molecular flexibility index (Phi) is 10.6. The maximum atomic E-state index is 13.5. The van der Waals surface area contributed by atoms with E-state index < -0.39 is 16.1 Å². The van der Waals surface area contributed by atoms with Crippen molar-refractivity contribution in [3.05, 3.63) is 59.7 Å². The first-order valence-electron chi connectivity index (χ1n) is 13.4. The number of anilines is 1. The third kappa shape index (κ3) is 8.48. The summed E-state index contributed by atoms with van der Waals surface area (Å²) < 4.78 is 31.6. The number of carbonyl (C=O) groups excluding carboxylic acids is 2. The normalized spacial score (nSPS) is 14.9. The number of aryl methyl sites for hydroxylation is 1. The molecular formula is C29H41N3O5S. The first-order chi connectivity index (χ1) is 18.1. The molecule has 38 heavy (non-hydrogen) atoms. The number of rotatable bonds is 12. The van der Waals surface area contributed by atoms with Gasteiger partial charge in [0.15, 0.2) is 0 Å². The topological polar surface area (TPSA) is 96.0 Å². The highest BCUT2D eigenvalue weighted by molar-refractivity contribution is 7.92. The Morgan fingerprint density at radius 2 is 1.79 bits per heavy atom. The average Bonchev–Trinajstić information content (AvgIpc) is 2.89. The van der Waals surface area contributed by atoms with E-state index in [4.69, 9.17) is 4.74 Å². The molecule has 1 atom stereocenters. The molecule has 1 unspecified atom stereocenters. The molecule has 2 aromatic rings. The lowest BCUT2D eigenvalue weighted by Crippen LogP contribution is -2.50. The van der Waals surface area contributed by atoms with Crippen LogP contribution >= 0.6 is 0 Å². The molecular weight excluding hydrogens is 502 g/mol. The van der Waals surface area contributed by atoms with Crippen LogP contribution in [0.2, 0.25) is 0 Å². The van der Waals surface area contributed by atoms with E-state index in [1.807, 2.05) is 31.2 Å². The molecule has 1 fully saturated rings. The predicted molar refractivity (Wildman–Crippen MR) is 151 cm³/mol. The monoisotopic (exact) mass is 543 g/mol. The summed E-state index contributed by atoms with van der Waals surface area (Å²) in [5.74, 6) is 0.221. The molecule has 8 nitrogen and oxygen atoms in total. The molecule has 2 amide bonds. The van der Waals surface area contributed by atoms with Crippen LogP contribution < -0.4 is 14.4 Å². The first-order valence-corrected chi connectivity index (χ1v) is 15.2. The van der Waals surface area contributed by atoms with Gasteiger partial charge in [-0.3, -0.25) is 13.9 Å².